The van der Waals surface area contributed by atoms with E-state index in [1.165, 1.54) is 0 Å². The predicted molar refractivity (Wildman–Crippen MR) is 115 cm³/mol. The molecule has 2 heterocycles. The monoisotopic (exact) mass is 444 g/mol. The Labute approximate surface area is 186 Å². The van der Waals surface area contributed by atoms with Crippen LogP contribution in [0, 0.1) is 0 Å². The smallest absolute Gasteiger partial charge is 0.262 e. The number of fused-ring (bicyclic) bond motifs is 1. The molecule has 1 fully saturated rings. The van der Waals surface area contributed by atoms with Gasteiger partial charge in [-0.15, -0.1) is 0 Å². The van der Waals surface area contributed by atoms with Gasteiger partial charge in [-0.2, -0.15) is 0 Å². The Kier molecular flexibility index (Phi) is 7.57. The zero-order valence-electron chi connectivity index (χ0n) is 18.2. The lowest BCUT2D eigenvalue weighted by atomic mass is 10.0. The Morgan fingerprint density at radius 3 is 2.56 bits per heavy atom. The van der Waals surface area contributed by atoms with Crippen LogP contribution in [0.2, 0.25) is 0 Å². The van der Waals surface area contributed by atoms with Crippen molar-refractivity contribution in [3.05, 3.63) is 29.3 Å². The maximum absolute atomic E-state index is 12.8. The number of carbonyl (C=O) groups excluding carboxylic acids is 5. The summed E-state index contributed by atoms with van der Waals surface area (Å²) in [6, 6.07) is 3.91. The molecule has 32 heavy (non-hydrogen) atoms. The molecule has 1 unspecified atom stereocenters. The summed E-state index contributed by atoms with van der Waals surface area (Å²) in [6.07, 6.45) is 1.78. The lowest BCUT2D eigenvalue weighted by Crippen LogP contribution is -2.54. The number of amides is 5. The molecule has 2 aliphatic heterocycles. The van der Waals surface area contributed by atoms with Crippen LogP contribution in [0.15, 0.2) is 18.2 Å². The van der Waals surface area contributed by atoms with Crippen molar-refractivity contribution < 1.29 is 28.7 Å². The first-order valence-electron chi connectivity index (χ1n) is 10.8. The van der Waals surface area contributed by atoms with Crippen molar-refractivity contribution in [1.82, 2.24) is 15.5 Å². The maximum atomic E-state index is 12.8. The zero-order chi connectivity index (χ0) is 23.3. The number of hydrogen-bond donors (Lipinski definition) is 3. The Hall–Kier alpha value is -3.27. The van der Waals surface area contributed by atoms with Gasteiger partial charge in [0.15, 0.2) is 0 Å². The summed E-state index contributed by atoms with van der Waals surface area (Å²) < 4.78 is 5.23. The van der Waals surface area contributed by atoms with Crippen LogP contribution in [-0.2, 0) is 19.1 Å². The van der Waals surface area contributed by atoms with Crippen LogP contribution < -0.4 is 16.0 Å². The van der Waals surface area contributed by atoms with Crippen LogP contribution in [0.25, 0.3) is 0 Å². The molecular formula is C22H28N4O6. The number of hydrogen-bond acceptors (Lipinski definition) is 7. The summed E-state index contributed by atoms with van der Waals surface area (Å²) in [7, 11) is 0. The first-order valence-corrected chi connectivity index (χ1v) is 10.8. The summed E-state index contributed by atoms with van der Waals surface area (Å²) in [5, 5.41) is 8.17. The fourth-order valence-electron chi connectivity index (χ4n) is 3.58. The number of benzene rings is 1. The summed E-state index contributed by atoms with van der Waals surface area (Å²) in [6.45, 7) is 4.95. The SMILES string of the molecule is CC(C)OCC(=O)NCCCCNc1ccc2c(c1)C(=O)N(C1CCC(=O)NC1=O)C2=O. The first-order chi connectivity index (χ1) is 15.3. The molecule has 5 amide bonds. The highest BCUT2D eigenvalue weighted by molar-refractivity contribution is 6.23. The van der Waals surface area contributed by atoms with Gasteiger partial charge in [-0.25, -0.2) is 0 Å². The van der Waals surface area contributed by atoms with E-state index < -0.39 is 29.7 Å². The average Bonchev–Trinajstić information content (AvgIpc) is 2.99. The number of rotatable bonds is 10. The molecule has 1 atom stereocenters. The molecule has 0 aliphatic carbocycles. The summed E-state index contributed by atoms with van der Waals surface area (Å²) in [4.78, 5) is 61.5. The minimum Gasteiger partial charge on any atom is -0.385 e. The van der Waals surface area contributed by atoms with Crippen LogP contribution in [0.5, 0.6) is 0 Å². The van der Waals surface area contributed by atoms with Gasteiger partial charge in [0, 0.05) is 25.2 Å². The second kappa shape index (κ2) is 10.4. The van der Waals surface area contributed by atoms with Crippen LogP contribution in [0.1, 0.15) is 60.2 Å². The van der Waals surface area contributed by atoms with Gasteiger partial charge in [0.2, 0.25) is 17.7 Å². The minimum atomic E-state index is -0.974. The van der Waals surface area contributed by atoms with Crippen LogP contribution in [-0.4, -0.2) is 66.3 Å². The number of piperidine rings is 1. The maximum Gasteiger partial charge on any atom is 0.262 e. The summed E-state index contributed by atoms with van der Waals surface area (Å²) in [5.74, 6) is -2.23. The lowest BCUT2D eigenvalue weighted by Gasteiger charge is -2.27. The van der Waals surface area contributed by atoms with E-state index in [2.05, 4.69) is 16.0 Å². The molecule has 1 aromatic rings. The van der Waals surface area contributed by atoms with Gasteiger partial charge >= 0.3 is 0 Å². The quantitative estimate of drug-likeness (QED) is 0.359. The molecule has 3 N–H and O–H groups in total. The molecule has 0 aromatic heterocycles. The van der Waals surface area contributed by atoms with Crippen molar-refractivity contribution in [2.75, 3.05) is 25.0 Å². The van der Waals surface area contributed by atoms with Crippen LogP contribution in [0.4, 0.5) is 5.69 Å². The molecule has 1 aromatic carbocycles. The Morgan fingerprint density at radius 1 is 1.12 bits per heavy atom. The van der Waals surface area contributed by atoms with Gasteiger partial charge in [0.1, 0.15) is 12.6 Å². The molecule has 2 aliphatic rings. The molecular weight excluding hydrogens is 416 g/mol. The normalized spacial score (nSPS) is 18.1. The standard InChI is InChI=1S/C22H28N4O6/c1-13(2)32-12-19(28)24-10-4-3-9-23-14-5-6-15-16(11-14)22(31)26(21(15)30)17-7-8-18(27)25-20(17)29/h5-6,11,13,17,23H,3-4,7-10,12H2,1-2H3,(H,24,28)(H,25,27,29). The second-order valence-electron chi connectivity index (χ2n) is 8.05. The third-order valence-electron chi connectivity index (χ3n) is 5.24. The van der Waals surface area contributed by atoms with E-state index in [9.17, 15) is 24.0 Å². The average molecular weight is 444 g/mol. The van der Waals surface area contributed by atoms with Crippen molar-refractivity contribution >= 4 is 35.2 Å². The van der Waals surface area contributed by atoms with Gasteiger partial charge < -0.3 is 15.4 Å². The highest BCUT2D eigenvalue weighted by atomic mass is 16.5. The third-order valence-corrected chi connectivity index (χ3v) is 5.24. The first kappa shape index (κ1) is 23.4. The van der Waals surface area contributed by atoms with Crippen molar-refractivity contribution in [3.8, 4) is 0 Å². The number of ether oxygens (including phenoxy) is 1. The van der Waals surface area contributed by atoms with Gasteiger partial charge in [0.25, 0.3) is 11.8 Å². The molecule has 0 radical (unpaired) electrons. The van der Waals surface area contributed by atoms with Crippen molar-refractivity contribution in [2.45, 2.75) is 51.7 Å². The highest BCUT2D eigenvalue weighted by Crippen LogP contribution is 2.29. The topological polar surface area (TPSA) is 134 Å². The third kappa shape index (κ3) is 5.50. The summed E-state index contributed by atoms with van der Waals surface area (Å²) >= 11 is 0. The number of carbonyl (C=O) groups is 5. The van der Waals surface area contributed by atoms with Crippen LogP contribution in [0.3, 0.4) is 0 Å². The fraction of sp³-hybridized carbons (Fsp3) is 0.500. The molecule has 10 nitrogen and oxygen atoms in total. The van der Waals surface area contributed by atoms with E-state index >= 15 is 0 Å². The molecule has 10 heteroatoms. The number of nitrogens with zero attached hydrogens (tertiary/aromatic N) is 1. The number of unbranched alkanes of at least 4 members (excludes halogenated alkanes) is 1. The van der Waals surface area contributed by atoms with E-state index in [1.54, 1.807) is 18.2 Å². The van der Waals surface area contributed by atoms with E-state index in [0.717, 1.165) is 17.7 Å². The molecule has 0 saturated carbocycles. The van der Waals surface area contributed by atoms with Crippen molar-refractivity contribution in [3.63, 3.8) is 0 Å². The number of anilines is 1. The van der Waals surface area contributed by atoms with E-state index in [0.29, 0.717) is 18.8 Å². The van der Waals surface area contributed by atoms with E-state index in [-0.39, 0.29) is 42.6 Å². The van der Waals surface area contributed by atoms with Gasteiger partial charge in [-0.05, 0) is 51.3 Å². The van der Waals surface area contributed by atoms with Gasteiger partial charge in [0.05, 0.1) is 17.2 Å². The lowest BCUT2D eigenvalue weighted by molar-refractivity contribution is -0.136. The molecule has 0 spiro atoms. The Morgan fingerprint density at radius 2 is 1.84 bits per heavy atom. The molecule has 0 bridgehead atoms. The second-order valence-corrected chi connectivity index (χ2v) is 8.05. The zero-order valence-corrected chi connectivity index (χ0v) is 18.2. The van der Waals surface area contributed by atoms with E-state index in [1.807, 2.05) is 13.8 Å². The van der Waals surface area contributed by atoms with Crippen LogP contribution >= 0.6 is 0 Å². The molecule has 1 saturated heterocycles. The Balaban J connectivity index is 1.48. The fourth-order valence-corrected chi connectivity index (χ4v) is 3.58. The number of nitrogens with one attached hydrogen (secondary N) is 3. The van der Waals surface area contributed by atoms with Crippen molar-refractivity contribution in [1.29, 1.82) is 0 Å². The number of imide groups is 2. The molecule has 172 valence electrons. The van der Waals surface area contributed by atoms with E-state index in [4.69, 9.17) is 4.74 Å². The predicted octanol–water partition coefficient (Wildman–Crippen LogP) is 0.821. The minimum absolute atomic E-state index is 0.00977. The summed E-state index contributed by atoms with van der Waals surface area (Å²) in [5.41, 5.74) is 1.17. The Bertz CT molecular complexity index is 929. The molecule has 3 rings (SSSR count). The largest absolute Gasteiger partial charge is 0.385 e. The van der Waals surface area contributed by atoms with Crippen molar-refractivity contribution in [2.24, 2.45) is 0 Å². The van der Waals surface area contributed by atoms with Gasteiger partial charge in [-0.3, -0.25) is 34.2 Å². The van der Waals surface area contributed by atoms with Gasteiger partial charge in [-0.1, -0.05) is 0 Å². The highest BCUT2D eigenvalue weighted by Gasteiger charge is 2.44.